The van der Waals surface area contributed by atoms with E-state index in [1.54, 1.807) is 0 Å². The van der Waals surface area contributed by atoms with Gasteiger partial charge in [0.05, 0.1) is 13.7 Å². The molecule has 10 heteroatoms. The highest BCUT2D eigenvalue weighted by molar-refractivity contribution is 5.89. The fourth-order valence-corrected chi connectivity index (χ4v) is 2.30. The summed E-state index contributed by atoms with van der Waals surface area (Å²) in [5.74, 6) is -1.94. The zero-order valence-electron chi connectivity index (χ0n) is 14.5. The van der Waals surface area contributed by atoms with Gasteiger partial charge in [-0.1, -0.05) is 12.1 Å². The molecule has 1 saturated carbocycles. The first-order chi connectivity index (χ1) is 12.7. The van der Waals surface area contributed by atoms with Crippen molar-refractivity contribution in [2.24, 2.45) is 5.92 Å². The first-order valence-electron chi connectivity index (χ1n) is 8.17. The number of hydrogen-bond donors (Lipinski definition) is 2. The first kappa shape index (κ1) is 20.5. The molecule has 7 nitrogen and oxygen atoms in total. The van der Waals surface area contributed by atoms with Crippen molar-refractivity contribution in [3.05, 3.63) is 29.8 Å². The Hall–Kier alpha value is -2.78. The minimum Gasteiger partial charge on any atom is -0.467 e. The number of amides is 2. The summed E-state index contributed by atoms with van der Waals surface area (Å²) in [7, 11) is 1.15. The van der Waals surface area contributed by atoms with Crippen LogP contribution >= 0.6 is 0 Å². The van der Waals surface area contributed by atoms with Gasteiger partial charge in [-0.3, -0.25) is 9.59 Å². The van der Waals surface area contributed by atoms with E-state index >= 15 is 0 Å². The van der Waals surface area contributed by atoms with Crippen LogP contribution in [0.1, 0.15) is 18.4 Å². The normalized spacial score (nSPS) is 14.8. The van der Waals surface area contributed by atoms with Crippen LogP contribution in [0, 0.1) is 5.92 Å². The highest BCUT2D eigenvalue weighted by Crippen LogP contribution is 2.28. The smallest absolute Gasteiger partial charge is 0.467 e. The summed E-state index contributed by atoms with van der Waals surface area (Å²) in [6, 6.07) is 3.86. The van der Waals surface area contributed by atoms with Gasteiger partial charge in [-0.2, -0.15) is 0 Å². The molecule has 0 heterocycles. The number of rotatable bonds is 8. The van der Waals surface area contributed by atoms with Gasteiger partial charge in [-0.25, -0.2) is 4.79 Å². The third kappa shape index (κ3) is 7.16. The van der Waals surface area contributed by atoms with E-state index in [0.717, 1.165) is 32.1 Å². The molecule has 1 aromatic carbocycles. The summed E-state index contributed by atoms with van der Waals surface area (Å²) in [4.78, 5) is 35.3. The van der Waals surface area contributed by atoms with Crippen LogP contribution in [0.3, 0.4) is 0 Å². The maximum Gasteiger partial charge on any atom is 0.573 e. The van der Waals surface area contributed by atoms with Crippen LogP contribution in [0.5, 0.6) is 5.75 Å². The van der Waals surface area contributed by atoms with Crippen LogP contribution in [-0.4, -0.2) is 43.8 Å². The quantitative estimate of drug-likeness (QED) is 0.655. The fraction of sp³-hybridized carbons (Fsp3) is 0.471. The Kier molecular flexibility index (Phi) is 6.65. The van der Waals surface area contributed by atoms with Crippen molar-refractivity contribution in [3.63, 3.8) is 0 Å². The van der Waals surface area contributed by atoms with Gasteiger partial charge in [0.1, 0.15) is 11.8 Å². The van der Waals surface area contributed by atoms with E-state index in [2.05, 4.69) is 20.1 Å². The van der Waals surface area contributed by atoms with Crippen LogP contribution in [0.15, 0.2) is 24.3 Å². The molecule has 2 rings (SSSR count). The van der Waals surface area contributed by atoms with Gasteiger partial charge >= 0.3 is 12.3 Å². The molecule has 27 heavy (non-hydrogen) atoms. The summed E-state index contributed by atoms with van der Waals surface area (Å²) in [6.07, 6.45) is -3.20. The lowest BCUT2D eigenvalue weighted by Gasteiger charge is -2.17. The lowest BCUT2D eigenvalue weighted by molar-refractivity contribution is -0.274. The predicted molar refractivity (Wildman–Crippen MR) is 86.5 cm³/mol. The van der Waals surface area contributed by atoms with Gasteiger partial charge in [0.2, 0.25) is 11.8 Å². The van der Waals surface area contributed by atoms with Gasteiger partial charge in [0, 0.05) is 12.3 Å². The minimum absolute atomic E-state index is 0.00127. The zero-order chi connectivity index (χ0) is 20.0. The molecule has 148 valence electrons. The molecule has 1 aliphatic rings. The Morgan fingerprint density at radius 1 is 1.19 bits per heavy atom. The summed E-state index contributed by atoms with van der Waals surface area (Å²) in [6.45, 7) is -0.277. The number of benzene rings is 1. The zero-order valence-corrected chi connectivity index (χ0v) is 14.5. The molecule has 0 spiro atoms. The standard InChI is InChI=1S/C17H19F3N2O5/c1-26-16(25)13(22-14(23)9-21-15(24)11-4-5-11)8-10-2-6-12(7-3-10)27-17(18,19)20/h2-3,6-7,11,13H,4-5,8-9H2,1H3,(H,21,24)(H,22,23). The molecular weight excluding hydrogens is 369 g/mol. The van der Waals surface area contributed by atoms with Crippen LogP contribution in [0.2, 0.25) is 0 Å². The molecule has 2 amide bonds. The molecule has 0 saturated heterocycles. The molecule has 0 bridgehead atoms. The number of carbonyl (C=O) groups excluding carboxylic acids is 3. The van der Waals surface area contributed by atoms with E-state index in [0.29, 0.717) is 5.56 Å². The number of nitrogens with one attached hydrogen (secondary N) is 2. The Bertz CT molecular complexity index is 687. The van der Waals surface area contributed by atoms with Gasteiger partial charge in [-0.15, -0.1) is 13.2 Å². The third-order valence-corrected chi connectivity index (χ3v) is 3.79. The molecular formula is C17H19F3N2O5. The second-order valence-electron chi connectivity index (χ2n) is 6.03. The van der Waals surface area contributed by atoms with Crippen molar-refractivity contribution in [3.8, 4) is 5.75 Å². The summed E-state index contributed by atoms with van der Waals surface area (Å²) in [5, 5.41) is 4.92. The van der Waals surface area contributed by atoms with Gasteiger partial charge in [0.15, 0.2) is 0 Å². The Morgan fingerprint density at radius 3 is 2.33 bits per heavy atom. The highest BCUT2D eigenvalue weighted by atomic mass is 19.4. The van der Waals surface area contributed by atoms with Crippen molar-refractivity contribution >= 4 is 17.8 Å². The second-order valence-corrected chi connectivity index (χ2v) is 6.03. The van der Waals surface area contributed by atoms with Crippen LogP contribution < -0.4 is 15.4 Å². The lowest BCUT2D eigenvalue weighted by atomic mass is 10.1. The summed E-state index contributed by atoms with van der Waals surface area (Å²) >= 11 is 0. The van der Waals surface area contributed by atoms with Gasteiger partial charge < -0.3 is 20.1 Å². The number of ether oxygens (including phenoxy) is 2. The van der Waals surface area contributed by atoms with Crippen molar-refractivity contribution in [2.45, 2.75) is 31.7 Å². The molecule has 1 fully saturated rings. The number of carbonyl (C=O) groups is 3. The predicted octanol–water partition coefficient (Wildman–Crippen LogP) is 1.31. The average molecular weight is 388 g/mol. The first-order valence-corrected chi connectivity index (χ1v) is 8.17. The van der Waals surface area contributed by atoms with Crippen LogP contribution in [0.4, 0.5) is 13.2 Å². The summed E-state index contributed by atoms with van der Waals surface area (Å²) < 4.78 is 44.9. The molecule has 0 radical (unpaired) electrons. The fourth-order valence-electron chi connectivity index (χ4n) is 2.30. The van der Waals surface area contributed by atoms with E-state index in [1.807, 2.05) is 0 Å². The number of methoxy groups -OCH3 is 1. The van der Waals surface area contributed by atoms with Gasteiger partial charge in [0.25, 0.3) is 0 Å². The monoisotopic (exact) mass is 388 g/mol. The Morgan fingerprint density at radius 2 is 1.81 bits per heavy atom. The SMILES string of the molecule is COC(=O)C(Cc1ccc(OC(F)(F)F)cc1)NC(=O)CNC(=O)C1CC1. The van der Waals surface area contributed by atoms with Crippen molar-refractivity contribution in [1.29, 1.82) is 0 Å². The van der Waals surface area contributed by atoms with Crippen molar-refractivity contribution in [2.75, 3.05) is 13.7 Å². The van der Waals surface area contributed by atoms with E-state index in [4.69, 9.17) is 0 Å². The van der Waals surface area contributed by atoms with Gasteiger partial charge in [-0.05, 0) is 30.5 Å². The van der Waals surface area contributed by atoms with Crippen LogP contribution in [-0.2, 0) is 25.5 Å². The van der Waals surface area contributed by atoms with Crippen LogP contribution in [0.25, 0.3) is 0 Å². The topological polar surface area (TPSA) is 93.7 Å². The Labute approximate surface area is 153 Å². The molecule has 1 aliphatic carbocycles. The molecule has 1 aromatic rings. The molecule has 0 aromatic heterocycles. The number of hydrogen-bond acceptors (Lipinski definition) is 5. The minimum atomic E-state index is -4.80. The maximum absolute atomic E-state index is 12.2. The van der Waals surface area contributed by atoms with E-state index < -0.39 is 30.0 Å². The van der Waals surface area contributed by atoms with Crippen molar-refractivity contribution in [1.82, 2.24) is 10.6 Å². The van der Waals surface area contributed by atoms with E-state index in [-0.39, 0.29) is 24.8 Å². The Balaban J connectivity index is 1.92. The molecule has 1 atom stereocenters. The van der Waals surface area contributed by atoms with E-state index in [9.17, 15) is 27.6 Å². The highest BCUT2D eigenvalue weighted by Gasteiger charge is 2.31. The van der Waals surface area contributed by atoms with E-state index in [1.165, 1.54) is 12.1 Å². The lowest BCUT2D eigenvalue weighted by Crippen LogP contribution is -2.47. The average Bonchev–Trinajstić information content (AvgIpc) is 3.44. The third-order valence-electron chi connectivity index (χ3n) is 3.79. The van der Waals surface area contributed by atoms with Crippen molar-refractivity contribution < 1.29 is 37.0 Å². The molecule has 1 unspecified atom stereocenters. The number of halogens is 3. The number of esters is 1. The largest absolute Gasteiger partial charge is 0.573 e. The summed E-state index contributed by atoms with van der Waals surface area (Å²) in [5.41, 5.74) is 0.488. The second kappa shape index (κ2) is 8.74. The molecule has 0 aliphatic heterocycles. The molecule has 2 N–H and O–H groups in total. The maximum atomic E-state index is 12.2. The number of alkyl halides is 3.